The van der Waals surface area contributed by atoms with Crippen molar-refractivity contribution in [2.45, 2.75) is 39.2 Å². The van der Waals surface area contributed by atoms with Gasteiger partial charge in [0.1, 0.15) is 0 Å². The summed E-state index contributed by atoms with van der Waals surface area (Å²) < 4.78 is 0. The molecule has 0 bridgehead atoms. The number of carbonyl (C=O) groups is 1. The zero-order chi connectivity index (χ0) is 14.1. The molecular formula is C16H26N2O. The molecule has 1 atom stereocenters. The predicted molar refractivity (Wildman–Crippen MR) is 79.6 cm³/mol. The maximum Gasteiger partial charge on any atom is 0.222 e. The van der Waals surface area contributed by atoms with E-state index in [1.165, 1.54) is 5.56 Å². The lowest BCUT2D eigenvalue weighted by Crippen LogP contribution is -2.26. The first-order valence-electron chi connectivity index (χ1n) is 7.15. The van der Waals surface area contributed by atoms with E-state index in [0.717, 1.165) is 19.3 Å². The van der Waals surface area contributed by atoms with Gasteiger partial charge in [-0.1, -0.05) is 43.7 Å². The lowest BCUT2D eigenvalue weighted by molar-refractivity contribution is -0.130. The van der Waals surface area contributed by atoms with E-state index in [2.05, 4.69) is 6.92 Å². The van der Waals surface area contributed by atoms with Crippen LogP contribution in [0.25, 0.3) is 0 Å². The van der Waals surface area contributed by atoms with Crippen LogP contribution in [0.1, 0.15) is 38.2 Å². The summed E-state index contributed by atoms with van der Waals surface area (Å²) >= 11 is 0. The van der Waals surface area contributed by atoms with E-state index in [9.17, 15) is 4.79 Å². The number of rotatable bonds is 8. The number of hydrogen-bond donors (Lipinski definition) is 1. The Bertz CT molecular complexity index is 364. The van der Waals surface area contributed by atoms with Crippen molar-refractivity contribution < 1.29 is 4.79 Å². The van der Waals surface area contributed by atoms with E-state index in [1.807, 2.05) is 42.3 Å². The molecule has 106 valence electrons. The Balaban J connectivity index is 2.36. The minimum absolute atomic E-state index is 0.222. The van der Waals surface area contributed by atoms with Crippen LogP contribution < -0.4 is 5.73 Å². The van der Waals surface area contributed by atoms with Gasteiger partial charge < -0.3 is 10.6 Å². The van der Waals surface area contributed by atoms with Crippen LogP contribution >= 0.6 is 0 Å². The number of carbonyl (C=O) groups excluding carboxylic acids is 1. The number of hydrogen-bond acceptors (Lipinski definition) is 2. The van der Waals surface area contributed by atoms with Crippen LogP contribution in [-0.2, 0) is 11.3 Å². The van der Waals surface area contributed by atoms with E-state index in [4.69, 9.17) is 5.73 Å². The molecule has 1 amide bonds. The van der Waals surface area contributed by atoms with Crippen molar-refractivity contribution in [3.8, 4) is 0 Å². The zero-order valence-electron chi connectivity index (χ0n) is 12.1. The van der Waals surface area contributed by atoms with Gasteiger partial charge in [0.15, 0.2) is 0 Å². The average molecular weight is 262 g/mol. The number of nitrogens with two attached hydrogens (primary N) is 1. The van der Waals surface area contributed by atoms with Crippen LogP contribution in [0.5, 0.6) is 0 Å². The first-order valence-corrected chi connectivity index (χ1v) is 7.15. The topological polar surface area (TPSA) is 46.3 Å². The minimum Gasteiger partial charge on any atom is -0.341 e. The molecule has 2 N–H and O–H groups in total. The quantitative estimate of drug-likeness (QED) is 0.783. The highest BCUT2D eigenvalue weighted by atomic mass is 16.2. The fourth-order valence-corrected chi connectivity index (χ4v) is 2.25. The molecule has 0 heterocycles. The number of benzene rings is 1. The zero-order valence-corrected chi connectivity index (χ0v) is 12.1. The molecule has 0 aromatic heterocycles. The van der Waals surface area contributed by atoms with E-state index < -0.39 is 0 Å². The standard InChI is InChI=1S/C16H26N2O/c1-3-14(11-12-17)9-10-16(19)18(2)13-15-7-5-4-6-8-15/h4-8,14H,3,9-13,17H2,1-2H3. The van der Waals surface area contributed by atoms with E-state index >= 15 is 0 Å². The van der Waals surface area contributed by atoms with Crippen molar-refractivity contribution in [3.63, 3.8) is 0 Å². The maximum absolute atomic E-state index is 12.1. The Morgan fingerprint density at radius 2 is 1.95 bits per heavy atom. The van der Waals surface area contributed by atoms with Crippen LogP contribution in [0, 0.1) is 5.92 Å². The molecule has 0 aliphatic rings. The van der Waals surface area contributed by atoms with Gasteiger partial charge in [0, 0.05) is 20.0 Å². The fraction of sp³-hybridized carbons (Fsp3) is 0.562. The van der Waals surface area contributed by atoms with Gasteiger partial charge in [0.05, 0.1) is 0 Å². The fourth-order valence-electron chi connectivity index (χ4n) is 2.25. The smallest absolute Gasteiger partial charge is 0.222 e. The second-order valence-electron chi connectivity index (χ2n) is 5.13. The monoisotopic (exact) mass is 262 g/mol. The second kappa shape index (κ2) is 8.70. The molecule has 19 heavy (non-hydrogen) atoms. The Kier molecular flexibility index (Phi) is 7.19. The van der Waals surface area contributed by atoms with Crippen molar-refractivity contribution >= 4 is 5.91 Å². The van der Waals surface area contributed by atoms with Crippen LogP contribution in [0.3, 0.4) is 0 Å². The summed E-state index contributed by atoms with van der Waals surface area (Å²) in [6.07, 6.45) is 3.70. The van der Waals surface area contributed by atoms with Gasteiger partial charge >= 0.3 is 0 Å². The van der Waals surface area contributed by atoms with Crippen molar-refractivity contribution in [3.05, 3.63) is 35.9 Å². The largest absolute Gasteiger partial charge is 0.341 e. The average Bonchev–Trinajstić information content (AvgIpc) is 2.44. The van der Waals surface area contributed by atoms with Gasteiger partial charge in [-0.25, -0.2) is 0 Å². The van der Waals surface area contributed by atoms with Crippen LogP contribution in [0.2, 0.25) is 0 Å². The molecule has 1 aromatic carbocycles. The molecule has 0 aliphatic carbocycles. The van der Waals surface area contributed by atoms with Gasteiger partial charge in [-0.15, -0.1) is 0 Å². The Hall–Kier alpha value is -1.35. The Morgan fingerprint density at radius 3 is 2.53 bits per heavy atom. The molecule has 3 nitrogen and oxygen atoms in total. The van der Waals surface area contributed by atoms with Crippen molar-refractivity contribution in [2.75, 3.05) is 13.6 Å². The summed E-state index contributed by atoms with van der Waals surface area (Å²) in [7, 11) is 1.87. The molecule has 0 aliphatic heterocycles. The summed E-state index contributed by atoms with van der Waals surface area (Å²) in [6.45, 7) is 3.57. The summed E-state index contributed by atoms with van der Waals surface area (Å²) in [5.41, 5.74) is 6.75. The Morgan fingerprint density at radius 1 is 1.26 bits per heavy atom. The highest BCUT2D eigenvalue weighted by Gasteiger charge is 2.12. The molecule has 0 saturated heterocycles. The third-order valence-electron chi connectivity index (χ3n) is 3.61. The molecule has 3 heteroatoms. The Labute approximate surface area is 116 Å². The molecular weight excluding hydrogens is 236 g/mol. The van der Waals surface area contributed by atoms with E-state index in [0.29, 0.717) is 25.4 Å². The molecule has 0 spiro atoms. The minimum atomic E-state index is 0.222. The normalized spacial score (nSPS) is 12.2. The first kappa shape index (κ1) is 15.7. The lowest BCUT2D eigenvalue weighted by Gasteiger charge is -2.19. The van der Waals surface area contributed by atoms with Gasteiger partial charge in [-0.2, -0.15) is 0 Å². The second-order valence-corrected chi connectivity index (χ2v) is 5.13. The third-order valence-corrected chi connectivity index (χ3v) is 3.61. The van der Waals surface area contributed by atoms with Crippen LogP contribution in [0.15, 0.2) is 30.3 Å². The molecule has 1 aromatic rings. The van der Waals surface area contributed by atoms with Gasteiger partial charge in [0.2, 0.25) is 5.91 Å². The highest BCUT2D eigenvalue weighted by Crippen LogP contribution is 2.15. The molecule has 0 radical (unpaired) electrons. The third kappa shape index (κ3) is 5.88. The summed E-state index contributed by atoms with van der Waals surface area (Å²) in [6, 6.07) is 10.1. The van der Waals surface area contributed by atoms with Crippen LogP contribution in [0.4, 0.5) is 0 Å². The van der Waals surface area contributed by atoms with E-state index in [1.54, 1.807) is 0 Å². The van der Waals surface area contributed by atoms with Crippen LogP contribution in [-0.4, -0.2) is 24.4 Å². The van der Waals surface area contributed by atoms with Gasteiger partial charge in [-0.3, -0.25) is 4.79 Å². The van der Waals surface area contributed by atoms with Crippen molar-refractivity contribution in [1.29, 1.82) is 0 Å². The lowest BCUT2D eigenvalue weighted by atomic mass is 9.96. The first-order chi connectivity index (χ1) is 9.17. The van der Waals surface area contributed by atoms with Crippen molar-refractivity contribution in [1.82, 2.24) is 4.90 Å². The maximum atomic E-state index is 12.1. The molecule has 0 saturated carbocycles. The molecule has 1 rings (SSSR count). The summed E-state index contributed by atoms with van der Waals surface area (Å²) in [4.78, 5) is 13.9. The predicted octanol–water partition coefficient (Wildman–Crippen LogP) is 2.80. The summed E-state index contributed by atoms with van der Waals surface area (Å²) in [5.74, 6) is 0.804. The van der Waals surface area contributed by atoms with E-state index in [-0.39, 0.29) is 5.91 Å². The number of amides is 1. The number of nitrogens with zero attached hydrogens (tertiary/aromatic N) is 1. The molecule has 0 fully saturated rings. The van der Waals surface area contributed by atoms with Gasteiger partial charge in [-0.05, 0) is 30.9 Å². The SMILES string of the molecule is CCC(CCN)CCC(=O)N(C)Cc1ccccc1. The summed E-state index contributed by atoms with van der Waals surface area (Å²) in [5, 5.41) is 0. The van der Waals surface area contributed by atoms with Crippen molar-refractivity contribution in [2.24, 2.45) is 11.7 Å². The van der Waals surface area contributed by atoms with Gasteiger partial charge in [0.25, 0.3) is 0 Å². The highest BCUT2D eigenvalue weighted by molar-refractivity contribution is 5.75. The molecule has 1 unspecified atom stereocenters.